The fourth-order valence-corrected chi connectivity index (χ4v) is 3.62. The van der Waals surface area contributed by atoms with Crippen molar-refractivity contribution in [2.24, 2.45) is 5.73 Å². The summed E-state index contributed by atoms with van der Waals surface area (Å²) in [6, 6.07) is 6.52. The molecular formula is C20H22FN3O3. The quantitative estimate of drug-likeness (QED) is 0.808. The minimum absolute atomic E-state index is 0.00401. The van der Waals surface area contributed by atoms with E-state index >= 15 is 0 Å². The number of hydrogen-bond donors (Lipinski definition) is 2. The van der Waals surface area contributed by atoms with Crippen LogP contribution >= 0.6 is 0 Å². The van der Waals surface area contributed by atoms with Gasteiger partial charge in [0.05, 0.1) is 19.5 Å². The number of hydrogen-bond acceptors (Lipinski definition) is 3. The number of ketones is 1. The predicted octanol–water partition coefficient (Wildman–Crippen LogP) is 1.65. The maximum absolute atomic E-state index is 14.1. The normalized spacial score (nSPS) is 13.3. The number of nitrogens with one attached hydrogen (secondary N) is 1. The first-order chi connectivity index (χ1) is 12.9. The van der Waals surface area contributed by atoms with Crippen LogP contribution in [0.25, 0.3) is 0 Å². The smallest absolute Gasteiger partial charge is 0.236 e. The maximum Gasteiger partial charge on any atom is 0.236 e. The number of nitrogens with two attached hydrogens (primary N) is 1. The number of nitrogens with zero attached hydrogens (tertiary/aromatic N) is 1. The summed E-state index contributed by atoms with van der Waals surface area (Å²) < 4.78 is 16.1. The van der Waals surface area contributed by atoms with Crippen LogP contribution in [0.5, 0.6) is 0 Å². The standard InChI is InChI=1S/C20H22FN3O3/c1-12-14(9-19(27)23-10-18(22)26)20-16(7-4-8-17(20)25)24(12)11-13-5-2-3-6-15(13)21/h2-3,5-6H,4,7-11H2,1H3,(H2,22,26)(H,23,27). The Bertz CT molecular complexity index is 917. The molecule has 0 radical (unpaired) electrons. The van der Waals surface area contributed by atoms with E-state index in [1.807, 2.05) is 11.5 Å². The minimum Gasteiger partial charge on any atom is -0.368 e. The lowest BCUT2D eigenvalue weighted by Gasteiger charge is -2.16. The number of benzene rings is 1. The molecule has 0 saturated carbocycles. The lowest BCUT2D eigenvalue weighted by atomic mass is 9.92. The zero-order valence-electron chi connectivity index (χ0n) is 15.2. The van der Waals surface area contributed by atoms with Crippen LogP contribution in [0.2, 0.25) is 0 Å². The second kappa shape index (κ2) is 7.73. The van der Waals surface area contributed by atoms with Gasteiger partial charge in [0.25, 0.3) is 0 Å². The van der Waals surface area contributed by atoms with E-state index in [1.54, 1.807) is 18.2 Å². The van der Waals surface area contributed by atoms with Crippen LogP contribution in [0.3, 0.4) is 0 Å². The van der Waals surface area contributed by atoms with Crippen molar-refractivity contribution in [2.75, 3.05) is 6.54 Å². The molecule has 0 saturated heterocycles. The molecule has 6 nitrogen and oxygen atoms in total. The van der Waals surface area contributed by atoms with Crippen LogP contribution in [0, 0.1) is 12.7 Å². The molecule has 0 spiro atoms. The average molecular weight is 371 g/mol. The molecule has 1 heterocycles. The summed E-state index contributed by atoms with van der Waals surface area (Å²) in [6.45, 7) is 1.89. The molecule has 0 bridgehead atoms. The van der Waals surface area contributed by atoms with Crippen LogP contribution < -0.4 is 11.1 Å². The van der Waals surface area contributed by atoms with Gasteiger partial charge in [0, 0.05) is 28.9 Å². The van der Waals surface area contributed by atoms with Gasteiger partial charge in [-0.3, -0.25) is 14.4 Å². The maximum atomic E-state index is 14.1. The molecule has 27 heavy (non-hydrogen) atoms. The molecule has 1 aliphatic carbocycles. The van der Waals surface area contributed by atoms with Gasteiger partial charge in [0.15, 0.2) is 5.78 Å². The second-order valence-corrected chi connectivity index (χ2v) is 6.76. The third-order valence-electron chi connectivity index (χ3n) is 4.94. The van der Waals surface area contributed by atoms with Gasteiger partial charge in [0.2, 0.25) is 11.8 Å². The Hall–Kier alpha value is -2.96. The van der Waals surface area contributed by atoms with E-state index in [4.69, 9.17) is 5.73 Å². The molecule has 3 rings (SSSR count). The van der Waals surface area contributed by atoms with E-state index in [0.29, 0.717) is 36.1 Å². The van der Waals surface area contributed by atoms with Gasteiger partial charge in [-0.05, 0) is 31.4 Å². The first-order valence-electron chi connectivity index (χ1n) is 8.91. The highest BCUT2D eigenvalue weighted by molar-refractivity contribution is 6.01. The molecule has 0 atom stereocenters. The zero-order valence-corrected chi connectivity index (χ0v) is 15.2. The van der Waals surface area contributed by atoms with Crippen molar-refractivity contribution in [3.8, 4) is 0 Å². The van der Waals surface area contributed by atoms with Crippen LogP contribution in [-0.2, 0) is 29.0 Å². The Morgan fingerprint density at radius 3 is 2.70 bits per heavy atom. The molecule has 2 amide bonds. The summed E-state index contributed by atoms with van der Waals surface area (Å²) in [5.74, 6) is -1.30. The van der Waals surface area contributed by atoms with E-state index < -0.39 is 5.91 Å². The zero-order chi connectivity index (χ0) is 19.6. The van der Waals surface area contributed by atoms with Crippen molar-refractivity contribution < 1.29 is 18.8 Å². The Morgan fingerprint density at radius 2 is 2.00 bits per heavy atom. The van der Waals surface area contributed by atoms with Gasteiger partial charge in [-0.1, -0.05) is 18.2 Å². The highest BCUT2D eigenvalue weighted by Crippen LogP contribution is 2.31. The van der Waals surface area contributed by atoms with Crippen LogP contribution in [0.1, 0.15) is 45.7 Å². The molecular weight excluding hydrogens is 349 g/mol. The Balaban J connectivity index is 1.97. The van der Waals surface area contributed by atoms with Gasteiger partial charge in [-0.25, -0.2) is 4.39 Å². The number of amides is 2. The van der Waals surface area contributed by atoms with Gasteiger partial charge in [-0.15, -0.1) is 0 Å². The number of Topliss-reactive ketones (excluding diaryl/α,β-unsaturated/α-hetero) is 1. The fraction of sp³-hybridized carbons (Fsp3) is 0.350. The SMILES string of the molecule is Cc1c(CC(=O)NCC(N)=O)c2c(n1Cc1ccccc1F)CCCC2=O. The average Bonchev–Trinajstić information content (AvgIpc) is 2.88. The van der Waals surface area contributed by atoms with Gasteiger partial charge in [0.1, 0.15) is 5.82 Å². The molecule has 1 aromatic carbocycles. The molecule has 0 aliphatic heterocycles. The lowest BCUT2D eigenvalue weighted by Crippen LogP contribution is -2.34. The van der Waals surface area contributed by atoms with Crippen LogP contribution in [0.15, 0.2) is 24.3 Å². The van der Waals surface area contributed by atoms with Crippen molar-refractivity contribution in [1.29, 1.82) is 0 Å². The van der Waals surface area contributed by atoms with Crippen molar-refractivity contribution in [1.82, 2.24) is 9.88 Å². The lowest BCUT2D eigenvalue weighted by molar-refractivity contribution is -0.124. The van der Waals surface area contributed by atoms with E-state index in [2.05, 4.69) is 5.32 Å². The highest BCUT2D eigenvalue weighted by atomic mass is 19.1. The third-order valence-corrected chi connectivity index (χ3v) is 4.94. The van der Waals surface area contributed by atoms with E-state index in [0.717, 1.165) is 17.8 Å². The van der Waals surface area contributed by atoms with Crippen LogP contribution in [-0.4, -0.2) is 28.7 Å². The van der Waals surface area contributed by atoms with Crippen LogP contribution in [0.4, 0.5) is 4.39 Å². The number of halogens is 1. The number of primary amides is 1. The Morgan fingerprint density at radius 1 is 1.26 bits per heavy atom. The minimum atomic E-state index is -0.629. The third kappa shape index (κ3) is 3.92. The van der Waals surface area contributed by atoms with Gasteiger partial charge >= 0.3 is 0 Å². The first kappa shape index (κ1) is 18.8. The largest absolute Gasteiger partial charge is 0.368 e. The summed E-state index contributed by atoms with van der Waals surface area (Å²) in [5.41, 5.74) is 8.42. The van der Waals surface area contributed by atoms with E-state index in [1.165, 1.54) is 6.07 Å². The topological polar surface area (TPSA) is 94.2 Å². The predicted molar refractivity (Wildman–Crippen MR) is 97.8 cm³/mol. The fourth-order valence-electron chi connectivity index (χ4n) is 3.62. The molecule has 142 valence electrons. The molecule has 7 heteroatoms. The van der Waals surface area contributed by atoms with Crippen molar-refractivity contribution >= 4 is 17.6 Å². The Kier molecular flexibility index (Phi) is 5.39. The molecule has 0 fully saturated rings. The highest BCUT2D eigenvalue weighted by Gasteiger charge is 2.29. The van der Waals surface area contributed by atoms with Crippen molar-refractivity contribution in [3.63, 3.8) is 0 Å². The number of carbonyl (C=O) groups excluding carboxylic acids is 3. The van der Waals surface area contributed by atoms with Gasteiger partial charge < -0.3 is 15.6 Å². The summed E-state index contributed by atoms with van der Waals surface area (Å²) in [4.78, 5) is 35.6. The Labute approximate surface area is 156 Å². The van der Waals surface area contributed by atoms with Gasteiger partial charge in [-0.2, -0.15) is 0 Å². The number of rotatable bonds is 6. The summed E-state index contributed by atoms with van der Waals surface area (Å²) in [7, 11) is 0. The van der Waals surface area contributed by atoms with Crippen molar-refractivity contribution in [3.05, 3.63) is 58.2 Å². The summed E-state index contributed by atoms with van der Waals surface area (Å²) in [6.07, 6.45) is 1.86. The molecule has 0 unspecified atom stereocenters. The van der Waals surface area contributed by atoms with Crippen molar-refractivity contribution in [2.45, 2.75) is 39.2 Å². The second-order valence-electron chi connectivity index (χ2n) is 6.76. The summed E-state index contributed by atoms with van der Waals surface area (Å²) >= 11 is 0. The number of carbonyl (C=O) groups is 3. The van der Waals surface area contributed by atoms with E-state index in [-0.39, 0.29) is 30.5 Å². The number of aromatic nitrogens is 1. The molecule has 1 aliphatic rings. The number of fused-ring (bicyclic) bond motifs is 1. The first-order valence-corrected chi connectivity index (χ1v) is 8.91. The summed E-state index contributed by atoms with van der Waals surface area (Å²) in [5, 5.41) is 2.45. The molecule has 2 aromatic rings. The molecule has 1 aromatic heterocycles. The molecule has 3 N–H and O–H groups in total. The van der Waals surface area contributed by atoms with E-state index in [9.17, 15) is 18.8 Å². The monoisotopic (exact) mass is 371 g/mol.